The SMILES string of the molecule is Cc1cc(=O)oc2cc(OCC(=O)NC3CCCc4c3[nH]c3ccccc43)ccc12. The smallest absolute Gasteiger partial charge is 0.336 e. The number of carbonyl (C=O) groups excluding carboxylic acids is 1. The molecule has 1 unspecified atom stereocenters. The number of aromatic amines is 1. The fraction of sp³-hybridized carbons (Fsp3) is 0.250. The van der Waals surface area contributed by atoms with Gasteiger partial charge in [-0.3, -0.25) is 4.79 Å². The lowest BCUT2D eigenvalue weighted by molar-refractivity contribution is -0.124. The van der Waals surface area contributed by atoms with E-state index in [2.05, 4.69) is 22.4 Å². The molecule has 0 spiro atoms. The Balaban J connectivity index is 1.29. The van der Waals surface area contributed by atoms with Gasteiger partial charge in [0.15, 0.2) is 6.61 Å². The summed E-state index contributed by atoms with van der Waals surface area (Å²) in [5, 5.41) is 5.17. The van der Waals surface area contributed by atoms with Crippen LogP contribution in [0.4, 0.5) is 0 Å². The van der Waals surface area contributed by atoms with E-state index in [0.717, 1.165) is 41.4 Å². The molecule has 4 aromatic rings. The second-order valence-corrected chi connectivity index (χ2v) is 7.77. The average Bonchev–Trinajstić information content (AvgIpc) is 3.12. The minimum atomic E-state index is -0.402. The maximum Gasteiger partial charge on any atom is 0.336 e. The van der Waals surface area contributed by atoms with Gasteiger partial charge in [0.25, 0.3) is 5.91 Å². The van der Waals surface area contributed by atoms with E-state index < -0.39 is 5.63 Å². The second kappa shape index (κ2) is 7.37. The molecule has 6 heteroatoms. The molecule has 2 N–H and O–H groups in total. The zero-order chi connectivity index (χ0) is 20.7. The molecule has 5 rings (SSSR count). The van der Waals surface area contributed by atoms with E-state index >= 15 is 0 Å². The minimum Gasteiger partial charge on any atom is -0.484 e. The number of fused-ring (bicyclic) bond motifs is 4. The lowest BCUT2D eigenvalue weighted by atomic mass is 9.91. The third-order valence-electron chi connectivity index (χ3n) is 5.74. The Hall–Kier alpha value is -3.54. The van der Waals surface area contributed by atoms with Gasteiger partial charge in [0.1, 0.15) is 11.3 Å². The number of hydrogen-bond acceptors (Lipinski definition) is 4. The Morgan fingerprint density at radius 2 is 2.07 bits per heavy atom. The van der Waals surface area contributed by atoms with Gasteiger partial charge in [0, 0.05) is 34.1 Å². The van der Waals surface area contributed by atoms with Crippen LogP contribution in [-0.2, 0) is 11.2 Å². The molecule has 6 nitrogen and oxygen atoms in total. The first-order valence-corrected chi connectivity index (χ1v) is 10.1. The molecular formula is C24H22N2O4. The van der Waals surface area contributed by atoms with Gasteiger partial charge < -0.3 is 19.5 Å². The number of H-pyrrole nitrogens is 1. The van der Waals surface area contributed by atoms with Gasteiger partial charge in [-0.15, -0.1) is 0 Å². The Labute approximate surface area is 172 Å². The minimum absolute atomic E-state index is 0.0467. The number of benzene rings is 2. The Morgan fingerprint density at radius 3 is 2.97 bits per heavy atom. The van der Waals surface area contributed by atoms with E-state index in [0.29, 0.717) is 11.3 Å². The highest BCUT2D eigenvalue weighted by Gasteiger charge is 2.25. The van der Waals surface area contributed by atoms with Crippen molar-refractivity contribution in [3.63, 3.8) is 0 Å². The fourth-order valence-corrected chi connectivity index (χ4v) is 4.34. The summed E-state index contributed by atoms with van der Waals surface area (Å²) in [6.07, 6.45) is 2.94. The monoisotopic (exact) mass is 402 g/mol. The standard InChI is InChI=1S/C24H22N2O4/c1-14-11-23(28)30-21-12-15(9-10-16(14)21)29-13-22(27)25-20-8-4-6-18-17-5-2-3-7-19(17)26-24(18)20/h2-3,5,7,9-12,20,26H,4,6,8,13H2,1H3,(H,25,27). The first-order chi connectivity index (χ1) is 14.6. The van der Waals surface area contributed by atoms with Crippen LogP contribution < -0.4 is 15.7 Å². The number of aromatic nitrogens is 1. The number of ether oxygens (including phenoxy) is 1. The largest absolute Gasteiger partial charge is 0.484 e. The van der Waals surface area contributed by atoms with Gasteiger partial charge in [0.2, 0.25) is 0 Å². The van der Waals surface area contributed by atoms with Gasteiger partial charge >= 0.3 is 5.63 Å². The first kappa shape index (κ1) is 18.5. The Bertz CT molecular complexity index is 1320. The van der Waals surface area contributed by atoms with Crippen molar-refractivity contribution in [1.82, 2.24) is 10.3 Å². The summed E-state index contributed by atoms with van der Waals surface area (Å²) in [5.74, 6) is 0.304. The van der Waals surface area contributed by atoms with Crippen molar-refractivity contribution >= 4 is 27.8 Å². The molecule has 152 valence electrons. The summed E-state index contributed by atoms with van der Waals surface area (Å²) in [4.78, 5) is 27.6. The molecule has 0 saturated heterocycles. The maximum absolute atomic E-state index is 12.6. The molecule has 0 saturated carbocycles. The van der Waals surface area contributed by atoms with E-state index in [1.165, 1.54) is 17.0 Å². The van der Waals surface area contributed by atoms with Crippen LogP contribution in [0.25, 0.3) is 21.9 Å². The number of nitrogens with one attached hydrogen (secondary N) is 2. The number of aryl methyl sites for hydroxylation is 2. The zero-order valence-corrected chi connectivity index (χ0v) is 16.7. The highest BCUT2D eigenvalue weighted by molar-refractivity contribution is 5.86. The lowest BCUT2D eigenvalue weighted by Gasteiger charge is -2.23. The molecule has 1 aliphatic rings. The first-order valence-electron chi connectivity index (χ1n) is 10.1. The van der Waals surface area contributed by atoms with Crippen molar-refractivity contribution < 1.29 is 13.9 Å². The molecule has 1 atom stereocenters. The van der Waals surface area contributed by atoms with Crippen LogP contribution in [-0.4, -0.2) is 17.5 Å². The number of hydrogen-bond donors (Lipinski definition) is 2. The van der Waals surface area contributed by atoms with Gasteiger partial charge in [-0.1, -0.05) is 18.2 Å². The van der Waals surface area contributed by atoms with Crippen molar-refractivity contribution in [3.8, 4) is 5.75 Å². The summed E-state index contributed by atoms with van der Waals surface area (Å²) in [6.45, 7) is 1.75. The number of carbonyl (C=O) groups is 1. The van der Waals surface area contributed by atoms with Crippen LogP contribution in [0.15, 0.2) is 57.7 Å². The topological polar surface area (TPSA) is 84.3 Å². The lowest BCUT2D eigenvalue weighted by Crippen LogP contribution is -2.34. The summed E-state index contributed by atoms with van der Waals surface area (Å²) in [6, 6.07) is 14.9. The van der Waals surface area contributed by atoms with Crippen molar-refractivity contribution in [2.45, 2.75) is 32.2 Å². The number of rotatable bonds is 4. The average molecular weight is 402 g/mol. The predicted molar refractivity (Wildman–Crippen MR) is 115 cm³/mol. The molecule has 1 aliphatic carbocycles. The van der Waals surface area contributed by atoms with Crippen molar-refractivity contribution in [2.75, 3.05) is 6.61 Å². The van der Waals surface area contributed by atoms with Gasteiger partial charge in [-0.25, -0.2) is 4.79 Å². The number of para-hydroxylation sites is 1. The van der Waals surface area contributed by atoms with Crippen LogP contribution in [0.2, 0.25) is 0 Å². The van der Waals surface area contributed by atoms with Crippen molar-refractivity contribution in [1.29, 1.82) is 0 Å². The highest BCUT2D eigenvalue weighted by atomic mass is 16.5. The van der Waals surface area contributed by atoms with Crippen LogP contribution in [0.3, 0.4) is 0 Å². The third-order valence-corrected chi connectivity index (χ3v) is 5.74. The molecule has 2 heterocycles. The van der Waals surface area contributed by atoms with Crippen LogP contribution in [0.5, 0.6) is 5.75 Å². The molecule has 2 aromatic carbocycles. The highest BCUT2D eigenvalue weighted by Crippen LogP contribution is 2.34. The quantitative estimate of drug-likeness (QED) is 0.502. The van der Waals surface area contributed by atoms with Gasteiger partial charge in [-0.2, -0.15) is 0 Å². The summed E-state index contributed by atoms with van der Waals surface area (Å²) >= 11 is 0. The number of amides is 1. The van der Waals surface area contributed by atoms with E-state index in [4.69, 9.17) is 9.15 Å². The second-order valence-electron chi connectivity index (χ2n) is 7.77. The Kier molecular flexibility index (Phi) is 4.54. The predicted octanol–water partition coefficient (Wildman–Crippen LogP) is 4.16. The fourth-order valence-electron chi connectivity index (χ4n) is 4.34. The van der Waals surface area contributed by atoms with Gasteiger partial charge in [0.05, 0.1) is 6.04 Å². The molecule has 0 bridgehead atoms. The van der Waals surface area contributed by atoms with Crippen LogP contribution in [0.1, 0.15) is 35.7 Å². The van der Waals surface area contributed by atoms with Crippen molar-refractivity contribution in [2.24, 2.45) is 0 Å². The normalized spacial score (nSPS) is 15.8. The molecule has 2 aromatic heterocycles. The summed E-state index contributed by atoms with van der Waals surface area (Å²) < 4.78 is 10.9. The molecular weight excluding hydrogens is 380 g/mol. The maximum atomic E-state index is 12.6. The van der Waals surface area contributed by atoms with E-state index in [1.807, 2.05) is 25.1 Å². The van der Waals surface area contributed by atoms with Crippen LogP contribution >= 0.6 is 0 Å². The molecule has 0 radical (unpaired) electrons. The zero-order valence-electron chi connectivity index (χ0n) is 16.7. The van der Waals surface area contributed by atoms with Crippen LogP contribution in [0, 0.1) is 6.92 Å². The van der Waals surface area contributed by atoms with E-state index in [-0.39, 0.29) is 18.6 Å². The van der Waals surface area contributed by atoms with E-state index in [1.54, 1.807) is 12.1 Å². The molecule has 1 amide bonds. The molecule has 0 fully saturated rings. The van der Waals surface area contributed by atoms with Gasteiger partial charge in [-0.05, 0) is 55.5 Å². The van der Waals surface area contributed by atoms with E-state index in [9.17, 15) is 9.59 Å². The Morgan fingerprint density at radius 1 is 1.20 bits per heavy atom. The molecule has 0 aliphatic heterocycles. The summed E-state index contributed by atoms with van der Waals surface area (Å²) in [7, 11) is 0. The van der Waals surface area contributed by atoms with Crippen molar-refractivity contribution in [3.05, 3.63) is 75.8 Å². The summed E-state index contributed by atoms with van der Waals surface area (Å²) in [5.41, 5.74) is 4.39. The molecule has 30 heavy (non-hydrogen) atoms. The third kappa shape index (κ3) is 3.34.